The molecule has 2 unspecified atom stereocenters. The predicted octanol–water partition coefficient (Wildman–Crippen LogP) is 0.747. The molecule has 6 heteroatoms. The molecule has 0 saturated carbocycles. The van der Waals surface area contributed by atoms with Crippen molar-refractivity contribution in [3.8, 4) is 6.07 Å². The first kappa shape index (κ1) is 13.3. The van der Waals surface area contributed by atoms with E-state index in [1.807, 2.05) is 17.9 Å². The highest BCUT2D eigenvalue weighted by atomic mass is 16.1. The molecule has 2 N–H and O–H groups in total. The molecule has 1 aliphatic rings. The minimum atomic E-state index is -0.287. The monoisotopic (exact) mass is 259 g/mol. The van der Waals surface area contributed by atoms with Crippen LogP contribution in [0.4, 0.5) is 5.95 Å². The van der Waals surface area contributed by atoms with Gasteiger partial charge in [-0.15, -0.1) is 0 Å². The summed E-state index contributed by atoms with van der Waals surface area (Å²) < 4.78 is 0. The van der Waals surface area contributed by atoms with Crippen LogP contribution in [0.15, 0.2) is 6.07 Å². The first-order valence-electron chi connectivity index (χ1n) is 6.33. The summed E-state index contributed by atoms with van der Waals surface area (Å²) in [6.07, 6.45) is 1.66. The van der Waals surface area contributed by atoms with Gasteiger partial charge in [0.05, 0.1) is 5.92 Å². The lowest BCUT2D eigenvalue weighted by molar-refractivity contribution is -0.122. The van der Waals surface area contributed by atoms with E-state index in [0.29, 0.717) is 18.2 Å². The highest BCUT2D eigenvalue weighted by Gasteiger charge is 2.30. The highest BCUT2D eigenvalue weighted by Crippen LogP contribution is 2.25. The Kier molecular flexibility index (Phi) is 3.65. The van der Waals surface area contributed by atoms with Crippen molar-refractivity contribution >= 4 is 11.9 Å². The largest absolute Gasteiger partial charge is 0.369 e. The van der Waals surface area contributed by atoms with E-state index in [2.05, 4.69) is 16.9 Å². The number of amides is 1. The number of anilines is 1. The summed E-state index contributed by atoms with van der Waals surface area (Å²) in [5.41, 5.74) is 6.47. The van der Waals surface area contributed by atoms with Crippen molar-refractivity contribution in [2.24, 2.45) is 11.7 Å². The summed E-state index contributed by atoms with van der Waals surface area (Å²) in [7, 11) is 0. The number of aromatic nitrogens is 2. The van der Waals surface area contributed by atoms with Gasteiger partial charge in [0.1, 0.15) is 11.8 Å². The Morgan fingerprint density at radius 2 is 2.26 bits per heavy atom. The van der Waals surface area contributed by atoms with Gasteiger partial charge in [-0.2, -0.15) is 5.26 Å². The van der Waals surface area contributed by atoms with E-state index in [1.165, 1.54) is 0 Å². The SMILES string of the molecule is Cc1cc(C#N)nc(N2CC(C(N)=O)CCC2C)n1. The van der Waals surface area contributed by atoms with Gasteiger partial charge in [0.15, 0.2) is 0 Å². The van der Waals surface area contributed by atoms with Crippen molar-refractivity contribution < 1.29 is 4.79 Å². The minimum Gasteiger partial charge on any atom is -0.369 e. The van der Waals surface area contributed by atoms with Crippen LogP contribution in [0.25, 0.3) is 0 Å². The topological polar surface area (TPSA) is 95.9 Å². The van der Waals surface area contributed by atoms with Gasteiger partial charge >= 0.3 is 0 Å². The molecule has 6 nitrogen and oxygen atoms in total. The summed E-state index contributed by atoms with van der Waals surface area (Å²) in [6.45, 7) is 4.41. The van der Waals surface area contributed by atoms with Gasteiger partial charge in [-0.3, -0.25) is 4.79 Å². The Morgan fingerprint density at radius 3 is 2.89 bits per heavy atom. The average Bonchev–Trinajstić information content (AvgIpc) is 2.38. The highest BCUT2D eigenvalue weighted by molar-refractivity contribution is 5.77. The number of nitrogens with zero attached hydrogens (tertiary/aromatic N) is 4. The third kappa shape index (κ3) is 2.81. The van der Waals surface area contributed by atoms with Gasteiger partial charge in [-0.1, -0.05) is 0 Å². The lowest BCUT2D eigenvalue weighted by atomic mass is 9.93. The molecular weight excluding hydrogens is 242 g/mol. The van der Waals surface area contributed by atoms with E-state index >= 15 is 0 Å². The van der Waals surface area contributed by atoms with Gasteiger partial charge in [-0.25, -0.2) is 9.97 Å². The molecule has 100 valence electrons. The number of rotatable bonds is 2. The quantitative estimate of drug-likeness (QED) is 0.845. The van der Waals surface area contributed by atoms with Gasteiger partial charge in [0.25, 0.3) is 0 Å². The molecule has 0 aliphatic carbocycles. The lowest BCUT2D eigenvalue weighted by Gasteiger charge is -2.36. The second-order valence-corrected chi connectivity index (χ2v) is 4.98. The third-order valence-corrected chi connectivity index (χ3v) is 3.50. The van der Waals surface area contributed by atoms with Gasteiger partial charge in [0, 0.05) is 18.3 Å². The van der Waals surface area contributed by atoms with Crippen molar-refractivity contribution in [1.82, 2.24) is 9.97 Å². The molecule has 1 aromatic rings. The van der Waals surface area contributed by atoms with Crippen LogP contribution in [-0.4, -0.2) is 28.5 Å². The normalized spacial score (nSPS) is 22.9. The predicted molar refractivity (Wildman–Crippen MR) is 70.2 cm³/mol. The Labute approximate surface area is 112 Å². The van der Waals surface area contributed by atoms with Crippen molar-refractivity contribution in [3.05, 3.63) is 17.5 Å². The van der Waals surface area contributed by atoms with Crippen LogP contribution in [0.3, 0.4) is 0 Å². The maximum Gasteiger partial charge on any atom is 0.227 e. The summed E-state index contributed by atoms with van der Waals surface area (Å²) in [5.74, 6) is 0.0471. The smallest absolute Gasteiger partial charge is 0.227 e. The molecule has 2 heterocycles. The van der Waals surface area contributed by atoms with Gasteiger partial charge in [-0.05, 0) is 32.8 Å². The summed E-state index contributed by atoms with van der Waals surface area (Å²) in [6, 6.07) is 3.91. The molecule has 1 fully saturated rings. The Balaban J connectivity index is 2.31. The molecule has 0 radical (unpaired) electrons. The van der Waals surface area contributed by atoms with Crippen molar-refractivity contribution in [3.63, 3.8) is 0 Å². The Bertz CT molecular complexity index is 536. The number of aryl methyl sites for hydroxylation is 1. The number of carbonyl (C=O) groups excluding carboxylic acids is 1. The molecule has 19 heavy (non-hydrogen) atoms. The maximum atomic E-state index is 11.3. The van der Waals surface area contributed by atoms with E-state index < -0.39 is 0 Å². The first-order valence-corrected chi connectivity index (χ1v) is 6.33. The number of hydrogen-bond acceptors (Lipinski definition) is 5. The van der Waals surface area contributed by atoms with E-state index in [9.17, 15) is 4.79 Å². The molecule has 2 atom stereocenters. The average molecular weight is 259 g/mol. The van der Waals surface area contributed by atoms with E-state index in [-0.39, 0.29) is 17.9 Å². The zero-order valence-corrected chi connectivity index (χ0v) is 11.1. The third-order valence-electron chi connectivity index (χ3n) is 3.50. The van der Waals surface area contributed by atoms with Crippen LogP contribution < -0.4 is 10.6 Å². The van der Waals surface area contributed by atoms with Crippen LogP contribution in [0.5, 0.6) is 0 Å². The number of nitriles is 1. The second kappa shape index (κ2) is 5.22. The Hall–Kier alpha value is -2.16. The van der Waals surface area contributed by atoms with Crippen molar-refractivity contribution in [2.45, 2.75) is 32.7 Å². The molecule has 1 amide bonds. The van der Waals surface area contributed by atoms with E-state index in [0.717, 1.165) is 18.5 Å². The lowest BCUT2D eigenvalue weighted by Crippen LogP contribution is -2.46. The number of carbonyl (C=O) groups is 1. The number of nitrogens with two attached hydrogens (primary N) is 1. The Morgan fingerprint density at radius 1 is 1.53 bits per heavy atom. The van der Waals surface area contributed by atoms with Crippen LogP contribution >= 0.6 is 0 Å². The fourth-order valence-corrected chi connectivity index (χ4v) is 2.36. The number of piperidine rings is 1. The van der Waals surface area contributed by atoms with Gasteiger partial charge < -0.3 is 10.6 Å². The molecule has 0 aromatic carbocycles. The van der Waals surface area contributed by atoms with Crippen LogP contribution in [-0.2, 0) is 4.79 Å². The van der Waals surface area contributed by atoms with Crippen LogP contribution in [0.2, 0.25) is 0 Å². The molecule has 0 bridgehead atoms. The fraction of sp³-hybridized carbons (Fsp3) is 0.538. The van der Waals surface area contributed by atoms with E-state index in [1.54, 1.807) is 6.07 Å². The fourth-order valence-electron chi connectivity index (χ4n) is 2.36. The summed E-state index contributed by atoms with van der Waals surface area (Å²) >= 11 is 0. The summed E-state index contributed by atoms with van der Waals surface area (Å²) in [4.78, 5) is 21.9. The second-order valence-electron chi connectivity index (χ2n) is 4.98. The first-order chi connectivity index (χ1) is 9.01. The summed E-state index contributed by atoms with van der Waals surface area (Å²) in [5, 5.41) is 8.96. The molecule has 1 aromatic heterocycles. The van der Waals surface area contributed by atoms with Crippen LogP contribution in [0.1, 0.15) is 31.2 Å². The van der Waals surface area contributed by atoms with Gasteiger partial charge in [0.2, 0.25) is 11.9 Å². The number of primary amides is 1. The van der Waals surface area contributed by atoms with Crippen molar-refractivity contribution in [1.29, 1.82) is 5.26 Å². The molecule has 1 saturated heterocycles. The molecule has 2 rings (SSSR count). The zero-order chi connectivity index (χ0) is 14.0. The maximum absolute atomic E-state index is 11.3. The van der Waals surface area contributed by atoms with Crippen LogP contribution in [0, 0.1) is 24.2 Å². The molecule has 1 aliphatic heterocycles. The van der Waals surface area contributed by atoms with E-state index in [4.69, 9.17) is 11.0 Å². The number of hydrogen-bond donors (Lipinski definition) is 1. The zero-order valence-electron chi connectivity index (χ0n) is 11.1. The molecule has 0 spiro atoms. The van der Waals surface area contributed by atoms with Crippen molar-refractivity contribution in [2.75, 3.05) is 11.4 Å². The standard InChI is InChI=1S/C13H17N5O/c1-8-5-11(6-14)17-13(16-8)18-7-10(12(15)19)4-3-9(18)2/h5,9-10H,3-4,7H2,1-2H3,(H2,15,19). The molecular formula is C13H17N5O. The minimum absolute atomic E-state index is 0.175.